The Bertz CT molecular complexity index is 696. The van der Waals surface area contributed by atoms with Gasteiger partial charge in [-0.2, -0.15) is 0 Å². The van der Waals surface area contributed by atoms with Crippen molar-refractivity contribution in [3.8, 4) is 0 Å². The standard InChI is InChI=1S/C17H18N2O2S/c1-11-3-6-15(9-12(11)2)19-17(22)18-14-7-4-13(5-8-14)10-16(20)21/h3-9H,10H2,1-2H3,(H,20,21)(H2,18,19,22). The monoisotopic (exact) mass is 314 g/mol. The van der Waals surface area contributed by atoms with Crippen LogP contribution in [0.4, 0.5) is 11.4 Å². The number of nitrogens with one attached hydrogen (secondary N) is 2. The Morgan fingerprint density at radius 2 is 1.59 bits per heavy atom. The van der Waals surface area contributed by atoms with Crippen molar-refractivity contribution in [3.63, 3.8) is 0 Å². The number of carboxylic acid groups (broad SMARTS) is 1. The second kappa shape index (κ2) is 7.04. The lowest BCUT2D eigenvalue weighted by Crippen LogP contribution is -2.19. The van der Waals surface area contributed by atoms with Crippen molar-refractivity contribution in [1.82, 2.24) is 0 Å². The van der Waals surface area contributed by atoms with Crippen LogP contribution in [0, 0.1) is 13.8 Å². The number of carboxylic acids is 1. The first kappa shape index (κ1) is 16.0. The fraction of sp³-hybridized carbons (Fsp3) is 0.176. The van der Waals surface area contributed by atoms with Gasteiger partial charge >= 0.3 is 5.97 Å². The number of aryl methyl sites for hydroxylation is 2. The summed E-state index contributed by atoms with van der Waals surface area (Å²) in [4.78, 5) is 10.6. The predicted octanol–water partition coefficient (Wildman–Crippen LogP) is 3.74. The second-order valence-corrected chi connectivity index (χ2v) is 5.55. The number of hydrogen-bond acceptors (Lipinski definition) is 2. The van der Waals surface area contributed by atoms with Crippen LogP contribution in [0.1, 0.15) is 16.7 Å². The van der Waals surface area contributed by atoms with Crippen molar-refractivity contribution in [2.24, 2.45) is 0 Å². The molecule has 0 atom stereocenters. The third kappa shape index (κ3) is 4.56. The molecule has 2 aromatic rings. The van der Waals surface area contributed by atoms with Crippen molar-refractivity contribution in [2.45, 2.75) is 20.3 Å². The lowest BCUT2D eigenvalue weighted by molar-refractivity contribution is -0.136. The minimum atomic E-state index is -0.840. The minimum Gasteiger partial charge on any atom is -0.481 e. The molecule has 0 spiro atoms. The summed E-state index contributed by atoms with van der Waals surface area (Å²) < 4.78 is 0. The Morgan fingerprint density at radius 1 is 1.00 bits per heavy atom. The van der Waals surface area contributed by atoms with Crippen LogP contribution < -0.4 is 10.6 Å². The number of hydrogen-bond donors (Lipinski definition) is 3. The number of benzene rings is 2. The van der Waals surface area contributed by atoms with Gasteiger partial charge in [0, 0.05) is 11.4 Å². The van der Waals surface area contributed by atoms with E-state index in [0.29, 0.717) is 5.11 Å². The maximum absolute atomic E-state index is 10.6. The van der Waals surface area contributed by atoms with Crippen LogP contribution in [0.25, 0.3) is 0 Å². The van der Waals surface area contributed by atoms with E-state index in [9.17, 15) is 4.79 Å². The van der Waals surface area contributed by atoms with Crippen LogP contribution >= 0.6 is 12.2 Å². The van der Waals surface area contributed by atoms with E-state index in [2.05, 4.69) is 24.5 Å². The molecule has 0 heterocycles. The smallest absolute Gasteiger partial charge is 0.307 e. The first-order valence-electron chi connectivity index (χ1n) is 6.90. The third-order valence-corrected chi connectivity index (χ3v) is 3.54. The first-order chi connectivity index (χ1) is 10.4. The van der Waals surface area contributed by atoms with Gasteiger partial charge < -0.3 is 15.7 Å². The number of rotatable bonds is 4. The van der Waals surface area contributed by atoms with Gasteiger partial charge in [0.25, 0.3) is 0 Å². The van der Waals surface area contributed by atoms with E-state index in [4.69, 9.17) is 17.3 Å². The molecule has 0 amide bonds. The summed E-state index contributed by atoms with van der Waals surface area (Å²) in [5, 5.41) is 15.4. The highest BCUT2D eigenvalue weighted by Gasteiger charge is 2.03. The summed E-state index contributed by atoms with van der Waals surface area (Å²) in [6.45, 7) is 4.12. The first-order valence-corrected chi connectivity index (χ1v) is 7.31. The SMILES string of the molecule is Cc1ccc(NC(=S)Nc2ccc(CC(=O)O)cc2)cc1C. The van der Waals surface area contributed by atoms with E-state index < -0.39 is 5.97 Å². The quantitative estimate of drug-likeness (QED) is 0.751. The van der Waals surface area contributed by atoms with E-state index in [1.807, 2.05) is 30.3 Å². The van der Waals surface area contributed by atoms with Crippen LogP contribution in [0.3, 0.4) is 0 Å². The molecule has 2 aromatic carbocycles. The van der Waals surface area contributed by atoms with Gasteiger partial charge in [-0.3, -0.25) is 4.79 Å². The van der Waals surface area contributed by atoms with Crippen molar-refractivity contribution in [3.05, 3.63) is 59.2 Å². The van der Waals surface area contributed by atoms with Crippen molar-refractivity contribution in [1.29, 1.82) is 0 Å². The van der Waals surface area contributed by atoms with Crippen molar-refractivity contribution in [2.75, 3.05) is 10.6 Å². The van der Waals surface area contributed by atoms with E-state index >= 15 is 0 Å². The Labute approximate surface area is 135 Å². The lowest BCUT2D eigenvalue weighted by atomic mass is 10.1. The van der Waals surface area contributed by atoms with Gasteiger partial charge in [0.15, 0.2) is 5.11 Å². The summed E-state index contributed by atoms with van der Waals surface area (Å²) in [5.41, 5.74) is 4.94. The fourth-order valence-corrected chi connectivity index (χ4v) is 2.23. The molecule has 0 aliphatic carbocycles. The predicted molar refractivity (Wildman–Crippen MR) is 93.5 cm³/mol. The van der Waals surface area contributed by atoms with E-state index in [-0.39, 0.29) is 6.42 Å². The molecule has 2 rings (SSSR count). The van der Waals surface area contributed by atoms with Gasteiger partial charge in [0.1, 0.15) is 0 Å². The Hall–Kier alpha value is -2.40. The molecule has 0 radical (unpaired) electrons. The fourth-order valence-electron chi connectivity index (χ4n) is 1.99. The largest absolute Gasteiger partial charge is 0.481 e. The topological polar surface area (TPSA) is 61.4 Å². The summed E-state index contributed by atoms with van der Waals surface area (Å²) in [7, 11) is 0. The number of thiocarbonyl (C=S) groups is 1. The Kier molecular flexibility index (Phi) is 5.12. The van der Waals surface area contributed by atoms with Crippen molar-refractivity contribution >= 4 is 34.7 Å². The lowest BCUT2D eigenvalue weighted by Gasteiger charge is -2.12. The van der Waals surface area contributed by atoms with Crippen LogP contribution in [-0.4, -0.2) is 16.2 Å². The van der Waals surface area contributed by atoms with Crippen molar-refractivity contribution < 1.29 is 9.90 Å². The molecule has 0 unspecified atom stereocenters. The minimum absolute atomic E-state index is 0.0195. The van der Waals surface area contributed by atoms with Crippen LogP contribution in [0.2, 0.25) is 0 Å². The zero-order valence-corrected chi connectivity index (χ0v) is 13.3. The van der Waals surface area contributed by atoms with E-state index in [1.54, 1.807) is 12.1 Å². The maximum atomic E-state index is 10.6. The van der Waals surface area contributed by atoms with Gasteiger partial charge in [0.2, 0.25) is 0 Å². The highest BCUT2D eigenvalue weighted by molar-refractivity contribution is 7.80. The Balaban J connectivity index is 1.96. The van der Waals surface area contributed by atoms with Gasteiger partial charge in [-0.15, -0.1) is 0 Å². The molecule has 0 saturated carbocycles. The summed E-state index contributed by atoms with van der Waals surface area (Å²) in [5.74, 6) is -0.840. The normalized spacial score (nSPS) is 10.1. The van der Waals surface area contributed by atoms with Gasteiger partial charge in [-0.25, -0.2) is 0 Å². The highest BCUT2D eigenvalue weighted by Crippen LogP contribution is 2.15. The van der Waals surface area contributed by atoms with Gasteiger partial charge in [0.05, 0.1) is 6.42 Å². The molecule has 0 aliphatic heterocycles. The molecule has 0 aromatic heterocycles. The molecule has 0 saturated heterocycles. The summed E-state index contributed by atoms with van der Waals surface area (Å²) in [6, 6.07) is 13.2. The average molecular weight is 314 g/mol. The van der Waals surface area contributed by atoms with Gasteiger partial charge in [-0.1, -0.05) is 18.2 Å². The molecule has 0 fully saturated rings. The zero-order valence-electron chi connectivity index (χ0n) is 12.5. The third-order valence-electron chi connectivity index (χ3n) is 3.33. The number of aliphatic carboxylic acids is 1. The van der Waals surface area contributed by atoms with E-state index in [1.165, 1.54) is 11.1 Å². The van der Waals surface area contributed by atoms with Crippen LogP contribution in [0.15, 0.2) is 42.5 Å². The summed E-state index contributed by atoms with van der Waals surface area (Å²) in [6.07, 6.45) is 0.0195. The molecule has 114 valence electrons. The zero-order chi connectivity index (χ0) is 16.1. The highest BCUT2D eigenvalue weighted by atomic mass is 32.1. The Morgan fingerprint density at radius 3 is 2.18 bits per heavy atom. The molecular formula is C17H18N2O2S. The molecule has 4 nitrogen and oxygen atoms in total. The number of carbonyl (C=O) groups is 1. The number of anilines is 2. The molecule has 3 N–H and O–H groups in total. The summed E-state index contributed by atoms with van der Waals surface area (Å²) >= 11 is 5.28. The maximum Gasteiger partial charge on any atom is 0.307 e. The molecule has 0 bridgehead atoms. The average Bonchev–Trinajstić information content (AvgIpc) is 2.44. The van der Waals surface area contributed by atoms with E-state index in [0.717, 1.165) is 16.9 Å². The molecule has 22 heavy (non-hydrogen) atoms. The van der Waals surface area contributed by atoms with Crippen LogP contribution in [0.5, 0.6) is 0 Å². The second-order valence-electron chi connectivity index (χ2n) is 5.15. The van der Waals surface area contributed by atoms with Crippen LogP contribution in [-0.2, 0) is 11.2 Å². The molecule has 0 aliphatic rings. The molecular weight excluding hydrogens is 296 g/mol. The van der Waals surface area contributed by atoms with Gasteiger partial charge in [-0.05, 0) is 67.0 Å². The molecule has 5 heteroatoms.